The van der Waals surface area contributed by atoms with E-state index in [2.05, 4.69) is 20.2 Å². The molecule has 2 aromatic heterocycles. The van der Waals surface area contributed by atoms with Gasteiger partial charge in [0, 0.05) is 24.2 Å². The molecule has 2 aliphatic carbocycles. The summed E-state index contributed by atoms with van der Waals surface area (Å²) in [4.78, 5) is 19.7. The number of nitrogens with zero attached hydrogens (tertiary/aromatic N) is 5. The van der Waals surface area contributed by atoms with Crippen LogP contribution in [0.5, 0.6) is 11.6 Å². The maximum Gasteiger partial charge on any atom is 0.350 e. The first-order valence-corrected chi connectivity index (χ1v) is 9.30. The molecule has 3 aromatic rings. The van der Waals surface area contributed by atoms with Crippen LogP contribution in [0.1, 0.15) is 19.3 Å². The molecule has 0 bridgehead atoms. The predicted molar refractivity (Wildman–Crippen MR) is 101 cm³/mol. The second-order valence-corrected chi connectivity index (χ2v) is 7.53. The van der Waals surface area contributed by atoms with Gasteiger partial charge in [0.15, 0.2) is 5.82 Å². The molecule has 0 unspecified atom stereocenters. The summed E-state index contributed by atoms with van der Waals surface area (Å²) >= 11 is 0. The average Bonchev–Trinajstić information content (AvgIpc) is 3.31. The van der Waals surface area contributed by atoms with Crippen molar-refractivity contribution >= 4 is 0 Å². The highest BCUT2D eigenvalue weighted by atomic mass is 16.5. The van der Waals surface area contributed by atoms with Crippen LogP contribution in [0.2, 0.25) is 0 Å². The van der Waals surface area contributed by atoms with E-state index >= 15 is 0 Å². The fraction of sp³-hybridized carbons (Fsp3) is 0.350. The van der Waals surface area contributed by atoms with E-state index in [0.29, 0.717) is 22.7 Å². The third kappa shape index (κ3) is 3.11. The van der Waals surface area contributed by atoms with E-state index < -0.39 is 5.69 Å². The van der Waals surface area contributed by atoms with Crippen LogP contribution in [-0.4, -0.2) is 35.9 Å². The number of ether oxygens (including phenoxy) is 1. The van der Waals surface area contributed by atoms with Crippen molar-refractivity contribution in [3.8, 4) is 34.3 Å². The van der Waals surface area contributed by atoms with E-state index in [1.165, 1.54) is 23.4 Å². The van der Waals surface area contributed by atoms with Crippen molar-refractivity contribution in [3.05, 3.63) is 47.1 Å². The summed E-state index contributed by atoms with van der Waals surface area (Å²) in [5.41, 5.74) is 1.21. The maximum absolute atomic E-state index is 11.7. The van der Waals surface area contributed by atoms with Crippen molar-refractivity contribution in [1.82, 2.24) is 24.7 Å². The minimum atomic E-state index is -0.408. The van der Waals surface area contributed by atoms with Gasteiger partial charge in [-0.2, -0.15) is 4.98 Å². The van der Waals surface area contributed by atoms with Crippen LogP contribution >= 0.6 is 0 Å². The molecule has 2 fully saturated rings. The number of hydrogen-bond donors (Lipinski definition) is 1. The van der Waals surface area contributed by atoms with Gasteiger partial charge in [-0.05, 0) is 49.3 Å². The number of aromatic hydroxyl groups is 1. The van der Waals surface area contributed by atoms with Gasteiger partial charge in [0.2, 0.25) is 5.88 Å². The lowest BCUT2D eigenvalue weighted by Crippen LogP contribution is -2.20. The zero-order valence-electron chi connectivity index (χ0n) is 15.3. The SMILES string of the molecule is Cn1cnc(-c2ccc(-c3ccc(O[C@@H]4C[C@@H]5C[C@@H]5C4)nn3)c(O)c2)nc1=O. The standard InChI is InChI=1S/C20H19N5O3/c1-25-10-21-19(22-20(25)27)11-2-3-15(17(26)9-11)16-4-5-18(24-23-16)28-14-7-12-6-13(12)8-14/h2-5,9-10,12-14,26H,6-8H2,1H3/t12-,13+,14+. The summed E-state index contributed by atoms with van der Waals surface area (Å²) < 4.78 is 7.19. The van der Waals surface area contributed by atoms with E-state index in [-0.39, 0.29) is 17.7 Å². The Morgan fingerprint density at radius 1 is 1.11 bits per heavy atom. The topological polar surface area (TPSA) is 103 Å². The van der Waals surface area contributed by atoms with Gasteiger partial charge in [0.25, 0.3) is 0 Å². The van der Waals surface area contributed by atoms with Crippen LogP contribution in [0.25, 0.3) is 22.6 Å². The zero-order chi connectivity index (χ0) is 19.3. The largest absolute Gasteiger partial charge is 0.507 e. The summed E-state index contributed by atoms with van der Waals surface area (Å²) in [6.45, 7) is 0. The molecule has 2 saturated carbocycles. The summed E-state index contributed by atoms with van der Waals surface area (Å²) in [5.74, 6) is 2.48. The Bertz CT molecular complexity index is 1090. The summed E-state index contributed by atoms with van der Waals surface area (Å²) in [5, 5.41) is 18.8. The molecule has 2 aliphatic rings. The maximum atomic E-state index is 11.7. The summed E-state index contributed by atoms with van der Waals surface area (Å²) in [7, 11) is 1.58. The fourth-order valence-electron chi connectivity index (χ4n) is 3.87. The lowest BCUT2D eigenvalue weighted by atomic mass is 10.1. The molecule has 1 aromatic carbocycles. The second kappa shape index (κ2) is 6.40. The number of aromatic nitrogens is 5. The smallest absolute Gasteiger partial charge is 0.350 e. The van der Waals surface area contributed by atoms with Crippen LogP contribution in [0.15, 0.2) is 41.5 Å². The van der Waals surface area contributed by atoms with E-state index in [1.807, 2.05) is 0 Å². The van der Waals surface area contributed by atoms with Crippen LogP contribution in [0.3, 0.4) is 0 Å². The Morgan fingerprint density at radius 2 is 1.93 bits per heavy atom. The first-order valence-electron chi connectivity index (χ1n) is 9.30. The van der Waals surface area contributed by atoms with Gasteiger partial charge >= 0.3 is 5.69 Å². The van der Waals surface area contributed by atoms with Gasteiger partial charge in [-0.3, -0.25) is 4.57 Å². The Labute approximate surface area is 160 Å². The number of benzene rings is 1. The van der Waals surface area contributed by atoms with Gasteiger partial charge in [-0.25, -0.2) is 9.78 Å². The number of phenolic OH excluding ortho intramolecular Hbond substituents is 1. The van der Waals surface area contributed by atoms with Crippen molar-refractivity contribution in [3.63, 3.8) is 0 Å². The molecule has 142 valence electrons. The molecule has 0 saturated heterocycles. The third-order valence-electron chi connectivity index (χ3n) is 5.52. The highest BCUT2D eigenvalue weighted by molar-refractivity contribution is 5.71. The third-order valence-corrected chi connectivity index (χ3v) is 5.52. The highest BCUT2D eigenvalue weighted by Crippen LogP contribution is 2.52. The van der Waals surface area contributed by atoms with Crippen molar-refractivity contribution in [2.24, 2.45) is 18.9 Å². The van der Waals surface area contributed by atoms with Crippen molar-refractivity contribution in [2.45, 2.75) is 25.4 Å². The van der Waals surface area contributed by atoms with Crippen molar-refractivity contribution < 1.29 is 9.84 Å². The van der Waals surface area contributed by atoms with Gasteiger partial charge in [0.05, 0.1) is 5.69 Å². The van der Waals surface area contributed by atoms with Crippen LogP contribution in [0.4, 0.5) is 0 Å². The highest BCUT2D eigenvalue weighted by Gasteiger charge is 2.46. The molecule has 1 N–H and O–H groups in total. The van der Waals surface area contributed by atoms with Crippen molar-refractivity contribution in [1.29, 1.82) is 0 Å². The number of aryl methyl sites for hydroxylation is 1. The molecule has 3 atom stereocenters. The first kappa shape index (κ1) is 16.9. The lowest BCUT2D eigenvalue weighted by molar-refractivity contribution is 0.184. The van der Waals surface area contributed by atoms with Gasteiger partial charge < -0.3 is 9.84 Å². The Hall–Kier alpha value is -3.29. The average molecular weight is 377 g/mol. The molecule has 0 amide bonds. The van der Waals surface area contributed by atoms with E-state index in [1.54, 1.807) is 31.3 Å². The van der Waals surface area contributed by atoms with E-state index in [9.17, 15) is 9.90 Å². The molecule has 0 aliphatic heterocycles. The Balaban J connectivity index is 1.35. The second-order valence-electron chi connectivity index (χ2n) is 7.53. The molecule has 0 spiro atoms. The van der Waals surface area contributed by atoms with Gasteiger partial charge in [-0.15, -0.1) is 10.2 Å². The first-order chi connectivity index (χ1) is 13.6. The molecule has 28 heavy (non-hydrogen) atoms. The van der Waals surface area contributed by atoms with Crippen LogP contribution < -0.4 is 10.4 Å². The molecule has 0 radical (unpaired) electrons. The normalized spacial score (nSPS) is 22.7. The fourth-order valence-corrected chi connectivity index (χ4v) is 3.87. The number of rotatable bonds is 4. The number of phenols is 1. The summed E-state index contributed by atoms with van der Waals surface area (Å²) in [6.07, 6.45) is 5.22. The van der Waals surface area contributed by atoms with E-state index in [4.69, 9.17) is 4.74 Å². The number of fused-ring (bicyclic) bond motifs is 1. The monoisotopic (exact) mass is 377 g/mol. The summed E-state index contributed by atoms with van der Waals surface area (Å²) in [6, 6.07) is 8.52. The quantitative estimate of drug-likeness (QED) is 0.743. The van der Waals surface area contributed by atoms with Gasteiger partial charge in [0.1, 0.15) is 18.2 Å². The lowest BCUT2D eigenvalue weighted by Gasteiger charge is -2.13. The zero-order valence-corrected chi connectivity index (χ0v) is 15.3. The Kier molecular flexibility index (Phi) is 3.85. The molecular weight excluding hydrogens is 358 g/mol. The molecular formula is C20H19N5O3. The van der Waals surface area contributed by atoms with Crippen LogP contribution in [-0.2, 0) is 7.05 Å². The number of hydrogen-bond acceptors (Lipinski definition) is 7. The van der Waals surface area contributed by atoms with E-state index in [0.717, 1.165) is 24.7 Å². The van der Waals surface area contributed by atoms with Crippen molar-refractivity contribution in [2.75, 3.05) is 0 Å². The minimum absolute atomic E-state index is 0.0145. The molecule has 2 heterocycles. The minimum Gasteiger partial charge on any atom is -0.507 e. The van der Waals surface area contributed by atoms with Crippen LogP contribution in [0, 0.1) is 11.8 Å². The van der Waals surface area contributed by atoms with Gasteiger partial charge in [-0.1, -0.05) is 6.07 Å². The molecule has 5 rings (SSSR count). The predicted octanol–water partition coefficient (Wildman–Crippen LogP) is 2.18. The molecule has 8 heteroatoms. The molecule has 8 nitrogen and oxygen atoms in total. The Morgan fingerprint density at radius 3 is 2.61 bits per heavy atom.